The summed E-state index contributed by atoms with van der Waals surface area (Å²) in [7, 11) is 0. The third kappa shape index (κ3) is 2.12. The van der Waals surface area contributed by atoms with E-state index >= 15 is 0 Å². The third-order valence-electron chi connectivity index (χ3n) is 2.53. The minimum atomic E-state index is -0.454. The molecular weight excluding hydrogens is 245 g/mol. The summed E-state index contributed by atoms with van der Waals surface area (Å²) in [4.78, 5) is 1.10. The summed E-state index contributed by atoms with van der Waals surface area (Å²) >= 11 is 7.44. The molecule has 0 radical (unpaired) electrons. The van der Waals surface area contributed by atoms with Crippen LogP contribution >= 0.6 is 22.9 Å². The Balaban J connectivity index is 2.45. The van der Waals surface area contributed by atoms with E-state index in [0.29, 0.717) is 10.6 Å². The Labute approximate surface area is 103 Å². The van der Waals surface area contributed by atoms with Gasteiger partial charge >= 0.3 is 0 Å². The highest BCUT2D eigenvalue weighted by atomic mass is 35.5. The van der Waals surface area contributed by atoms with Gasteiger partial charge in [-0.3, -0.25) is 0 Å². The van der Waals surface area contributed by atoms with Gasteiger partial charge in [-0.1, -0.05) is 11.6 Å². The fourth-order valence-electron chi connectivity index (χ4n) is 1.64. The van der Waals surface area contributed by atoms with Crippen LogP contribution in [0.2, 0.25) is 5.02 Å². The van der Waals surface area contributed by atoms with Gasteiger partial charge in [-0.2, -0.15) is 0 Å². The molecule has 0 amide bonds. The van der Waals surface area contributed by atoms with Crippen LogP contribution in [0.1, 0.15) is 22.0 Å². The predicted octanol–water partition coefficient (Wildman–Crippen LogP) is 3.90. The molecule has 2 N–H and O–H groups in total. The number of rotatable bonds is 2. The zero-order chi connectivity index (χ0) is 11.7. The molecule has 16 heavy (non-hydrogen) atoms. The minimum absolute atomic E-state index is 0.317. The van der Waals surface area contributed by atoms with Crippen molar-refractivity contribution in [3.8, 4) is 0 Å². The van der Waals surface area contributed by atoms with E-state index in [4.69, 9.17) is 17.3 Å². The monoisotopic (exact) mass is 255 g/mol. The highest BCUT2D eigenvalue weighted by Crippen LogP contribution is 2.29. The molecule has 0 fully saturated rings. The van der Waals surface area contributed by atoms with Crippen LogP contribution in [0, 0.1) is 12.7 Å². The van der Waals surface area contributed by atoms with Gasteiger partial charge in [0, 0.05) is 15.5 Å². The van der Waals surface area contributed by atoms with Crippen molar-refractivity contribution in [1.29, 1.82) is 0 Å². The second-order valence-electron chi connectivity index (χ2n) is 3.58. The van der Waals surface area contributed by atoms with Gasteiger partial charge < -0.3 is 5.73 Å². The maximum Gasteiger partial charge on any atom is 0.128 e. The van der Waals surface area contributed by atoms with E-state index < -0.39 is 6.04 Å². The van der Waals surface area contributed by atoms with Crippen molar-refractivity contribution in [3.05, 3.63) is 56.5 Å². The van der Waals surface area contributed by atoms with Gasteiger partial charge in [0.1, 0.15) is 5.82 Å². The van der Waals surface area contributed by atoms with Gasteiger partial charge in [0.05, 0.1) is 6.04 Å². The molecule has 0 saturated carbocycles. The molecule has 1 aromatic heterocycles. The minimum Gasteiger partial charge on any atom is -0.320 e. The molecule has 4 heteroatoms. The van der Waals surface area contributed by atoms with Crippen LogP contribution < -0.4 is 5.73 Å². The second-order valence-corrected chi connectivity index (χ2v) is 5.13. The highest BCUT2D eigenvalue weighted by Gasteiger charge is 2.16. The molecule has 2 aromatic rings. The fraction of sp³-hybridized carbons (Fsp3) is 0.167. The first-order chi connectivity index (χ1) is 7.59. The number of halogens is 2. The topological polar surface area (TPSA) is 26.0 Å². The van der Waals surface area contributed by atoms with Crippen molar-refractivity contribution in [2.24, 2.45) is 5.73 Å². The maximum absolute atomic E-state index is 13.6. The van der Waals surface area contributed by atoms with Crippen molar-refractivity contribution in [1.82, 2.24) is 0 Å². The SMILES string of the molecule is Cc1sccc1C(N)c1cc(Cl)ccc1F. The molecule has 1 nitrogen and oxygen atoms in total. The van der Waals surface area contributed by atoms with E-state index in [2.05, 4.69) is 0 Å². The Morgan fingerprint density at radius 2 is 2.06 bits per heavy atom. The molecule has 0 bridgehead atoms. The smallest absolute Gasteiger partial charge is 0.128 e. The number of nitrogens with two attached hydrogens (primary N) is 1. The molecule has 0 aliphatic heterocycles. The summed E-state index contributed by atoms with van der Waals surface area (Å²) < 4.78 is 13.6. The molecule has 84 valence electrons. The maximum atomic E-state index is 13.6. The first-order valence-electron chi connectivity index (χ1n) is 4.84. The van der Waals surface area contributed by atoms with E-state index in [1.807, 2.05) is 18.4 Å². The molecule has 2 rings (SSSR count). The zero-order valence-corrected chi connectivity index (χ0v) is 10.3. The lowest BCUT2D eigenvalue weighted by atomic mass is 10.00. The van der Waals surface area contributed by atoms with E-state index in [-0.39, 0.29) is 5.82 Å². The van der Waals surface area contributed by atoms with Crippen LogP contribution in [-0.2, 0) is 0 Å². The van der Waals surface area contributed by atoms with Crippen molar-refractivity contribution in [2.45, 2.75) is 13.0 Å². The number of benzene rings is 1. The number of hydrogen-bond acceptors (Lipinski definition) is 2. The average Bonchev–Trinajstić information content (AvgIpc) is 2.67. The van der Waals surface area contributed by atoms with Crippen LogP contribution in [0.5, 0.6) is 0 Å². The van der Waals surface area contributed by atoms with Gasteiger partial charge in [0.15, 0.2) is 0 Å². The van der Waals surface area contributed by atoms with Gasteiger partial charge in [-0.25, -0.2) is 4.39 Å². The molecule has 0 saturated heterocycles. The molecule has 1 aromatic carbocycles. The molecule has 1 atom stereocenters. The fourth-order valence-corrected chi connectivity index (χ4v) is 2.57. The number of hydrogen-bond donors (Lipinski definition) is 1. The lowest BCUT2D eigenvalue weighted by molar-refractivity contribution is 0.599. The summed E-state index contributed by atoms with van der Waals surface area (Å²) in [5.41, 5.74) is 7.43. The Bertz CT molecular complexity index is 509. The number of aryl methyl sites for hydroxylation is 1. The zero-order valence-electron chi connectivity index (χ0n) is 8.71. The standard InChI is InChI=1S/C12H11ClFNS/c1-7-9(4-5-16-7)12(15)10-6-8(13)2-3-11(10)14/h2-6,12H,15H2,1H3. The van der Waals surface area contributed by atoms with Crippen LogP contribution in [0.25, 0.3) is 0 Å². The van der Waals surface area contributed by atoms with Crippen molar-refractivity contribution in [2.75, 3.05) is 0 Å². The van der Waals surface area contributed by atoms with Gasteiger partial charge in [-0.05, 0) is 42.1 Å². The summed E-state index contributed by atoms with van der Waals surface area (Å²) in [5, 5.41) is 2.45. The van der Waals surface area contributed by atoms with E-state index in [9.17, 15) is 4.39 Å². The lowest BCUT2D eigenvalue weighted by Crippen LogP contribution is -2.13. The number of thiophene rings is 1. The largest absolute Gasteiger partial charge is 0.320 e. The van der Waals surface area contributed by atoms with Gasteiger partial charge in [0.2, 0.25) is 0 Å². The predicted molar refractivity (Wildman–Crippen MR) is 66.5 cm³/mol. The normalized spacial score (nSPS) is 12.8. The molecule has 0 spiro atoms. The van der Waals surface area contributed by atoms with E-state index in [1.54, 1.807) is 17.4 Å². The van der Waals surface area contributed by atoms with E-state index in [1.165, 1.54) is 12.1 Å². The quantitative estimate of drug-likeness (QED) is 0.866. The van der Waals surface area contributed by atoms with Gasteiger partial charge in [0.25, 0.3) is 0 Å². The second kappa shape index (κ2) is 4.53. The Morgan fingerprint density at radius 3 is 2.69 bits per heavy atom. The highest BCUT2D eigenvalue weighted by molar-refractivity contribution is 7.10. The summed E-state index contributed by atoms with van der Waals surface area (Å²) in [6.07, 6.45) is 0. The third-order valence-corrected chi connectivity index (χ3v) is 3.62. The molecular formula is C12H11ClFNS. The van der Waals surface area contributed by atoms with E-state index in [0.717, 1.165) is 10.4 Å². The lowest BCUT2D eigenvalue weighted by Gasteiger charge is -2.13. The first kappa shape index (κ1) is 11.6. The summed E-state index contributed by atoms with van der Waals surface area (Å²) in [6.45, 7) is 1.97. The summed E-state index contributed by atoms with van der Waals surface area (Å²) in [6, 6.07) is 5.92. The molecule has 1 heterocycles. The van der Waals surface area contributed by atoms with Crippen molar-refractivity contribution >= 4 is 22.9 Å². The van der Waals surface area contributed by atoms with Crippen LogP contribution in [0.4, 0.5) is 4.39 Å². The van der Waals surface area contributed by atoms with Crippen LogP contribution in [0.15, 0.2) is 29.6 Å². The van der Waals surface area contributed by atoms with Crippen molar-refractivity contribution in [3.63, 3.8) is 0 Å². The van der Waals surface area contributed by atoms with Crippen LogP contribution in [0.3, 0.4) is 0 Å². The molecule has 1 unspecified atom stereocenters. The van der Waals surface area contributed by atoms with Crippen molar-refractivity contribution < 1.29 is 4.39 Å². The molecule has 0 aliphatic carbocycles. The Morgan fingerprint density at radius 1 is 1.31 bits per heavy atom. The molecule has 0 aliphatic rings. The first-order valence-corrected chi connectivity index (χ1v) is 6.10. The van der Waals surface area contributed by atoms with Gasteiger partial charge in [-0.15, -0.1) is 11.3 Å². The Kier molecular flexibility index (Phi) is 3.28. The van der Waals surface area contributed by atoms with Crippen LogP contribution in [-0.4, -0.2) is 0 Å². The average molecular weight is 256 g/mol. The summed E-state index contributed by atoms with van der Waals surface area (Å²) in [5.74, 6) is -0.317. The Hall–Kier alpha value is -0.900.